The number of carbonyl (C=O) groups excluding carboxylic acids is 2. The van der Waals surface area contributed by atoms with Crippen LogP contribution in [0.5, 0.6) is 0 Å². The van der Waals surface area contributed by atoms with Crippen LogP contribution in [0.15, 0.2) is 66.7 Å². The zero-order valence-electron chi connectivity index (χ0n) is 20.4. The van der Waals surface area contributed by atoms with Gasteiger partial charge in [-0.25, -0.2) is 4.98 Å². The molecule has 1 aliphatic rings. The molecular formula is C28H28Cl2N4O2S. The zero-order valence-corrected chi connectivity index (χ0v) is 22.8. The molecule has 1 aliphatic heterocycles. The van der Waals surface area contributed by atoms with E-state index >= 15 is 0 Å². The lowest BCUT2D eigenvalue weighted by molar-refractivity contribution is 0.0946. The number of rotatable bonds is 7. The van der Waals surface area contributed by atoms with Gasteiger partial charge in [-0.05, 0) is 30.7 Å². The van der Waals surface area contributed by atoms with Crippen molar-refractivity contribution >= 4 is 62.4 Å². The molecule has 0 saturated carbocycles. The van der Waals surface area contributed by atoms with Crippen molar-refractivity contribution in [3.8, 4) is 0 Å². The molecule has 37 heavy (non-hydrogen) atoms. The van der Waals surface area contributed by atoms with Crippen LogP contribution in [0.4, 0.5) is 5.13 Å². The molecule has 1 N–H and O–H groups in total. The second-order valence-corrected chi connectivity index (χ2v) is 10.3. The number of nitrogens with zero attached hydrogens (tertiary/aromatic N) is 3. The van der Waals surface area contributed by atoms with E-state index in [2.05, 4.69) is 22.0 Å². The third-order valence-electron chi connectivity index (χ3n) is 6.49. The predicted molar refractivity (Wildman–Crippen MR) is 154 cm³/mol. The summed E-state index contributed by atoms with van der Waals surface area (Å²) in [5.74, 6) is -0.181. The number of aromatic nitrogens is 1. The SMILES string of the molecule is Cc1ccc(Cl)c2sc(N3CCN(CCNC(=O)c4ccc(C(=O)c5ccccc5)cc4)CC3)nc12.Cl. The van der Waals surface area contributed by atoms with Gasteiger partial charge in [0.25, 0.3) is 5.91 Å². The van der Waals surface area contributed by atoms with Crippen molar-refractivity contribution < 1.29 is 9.59 Å². The van der Waals surface area contributed by atoms with Crippen LogP contribution in [-0.4, -0.2) is 60.8 Å². The van der Waals surface area contributed by atoms with Gasteiger partial charge < -0.3 is 10.2 Å². The van der Waals surface area contributed by atoms with Gasteiger partial charge in [-0.1, -0.05) is 71.5 Å². The highest BCUT2D eigenvalue weighted by molar-refractivity contribution is 7.22. The number of anilines is 1. The Bertz CT molecular complexity index is 1350. The Hall–Kier alpha value is -2.97. The maximum Gasteiger partial charge on any atom is 0.251 e. The first-order chi connectivity index (χ1) is 17.5. The number of halogens is 2. The number of ketones is 1. The van der Waals surface area contributed by atoms with Crippen LogP contribution < -0.4 is 10.2 Å². The van der Waals surface area contributed by atoms with Crippen LogP contribution >= 0.6 is 35.3 Å². The summed E-state index contributed by atoms with van der Waals surface area (Å²) in [4.78, 5) is 34.6. The first-order valence-electron chi connectivity index (χ1n) is 12.0. The predicted octanol–water partition coefficient (Wildman–Crippen LogP) is 5.46. The minimum atomic E-state index is -0.130. The third-order valence-corrected chi connectivity index (χ3v) is 8.06. The average molecular weight is 556 g/mol. The first kappa shape index (κ1) is 27.1. The maximum absolute atomic E-state index is 12.6. The molecule has 5 rings (SSSR count). The summed E-state index contributed by atoms with van der Waals surface area (Å²) in [5.41, 5.74) is 3.89. The Balaban J connectivity index is 0.00000320. The smallest absolute Gasteiger partial charge is 0.251 e. The second-order valence-electron chi connectivity index (χ2n) is 8.90. The Morgan fingerprint density at radius 3 is 2.24 bits per heavy atom. The maximum atomic E-state index is 12.6. The van der Waals surface area contributed by atoms with Gasteiger partial charge in [0.15, 0.2) is 10.9 Å². The van der Waals surface area contributed by atoms with Gasteiger partial charge in [-0.15, -0.1) is 12.4 Å². The topological polar surface area (TPSA) is 65.5 Å². The Labute approximate surface area is 231 Å². The molecule has 1 aromatic heterocycles. The van der Waals surface area contributed by atoms with Crippen molar-refractivity contribution in [3.63, 3.8) is 0 Å². The number of hydrogen-bond donors (Lipinski definition) is 1. The summed E-state index contributed by atoms with van der Waals surface area (Å²) in [6.07, 6.45) is 0. The molecule has 6 nitrogen and oxygen atoms in total. The number of amides is 1. The van der Waals surface area contributed by atoms with Crippen LogP contribution in [0, 0.1) is 6.92 Å². The van der Waals surface area contributed by atoms with E-state index in [4.69, 9.17) is 16.6 Å². The summed E-state index contributed by atoms with van der Waals surface area (Å²) < 4.78 is 1.05. The van der Waals surface area contributed by atoms with E-state index in [1.54, 1.807) is 47.7 Å². The number of nitrogens with one attached hydrogen (secondary N) is 1. The molecule has 192 valence electrons. The fourth-order valence-electron chi connectivity index (χ4n) is 4.35. The number of benzene rings is 3. The lowest BCUT2D eigenvalue weighted by Gasteiger charge is -2.34. The van der Waals surface area contributed by atoms with Crippen LogP contribution in [0.3, 0.4) is 0 Å². The normalized spacial score (nSPS) is 13.8. The van der Waals surface area contributed by atoms with Crippen molar-refractivity contribution in [3.05, 3.63) is 94.0 Å². The second kappa shape index (κ2) is 12.0. The highest BCUT2D eigenvalue weighted by Gasteiger charge is 2.21. The van der Waals surface area contributed by atoms with Gasteiger partial charge in [0.05, 0.1) is 15.2 Å². The Kier molecular flexibility index (Phi) is 8.82. The van der Waals surface area contributed by atoms with Gasteiger partial charge in [0.2, 0.25) is 0 Å². The Morgan fingerprint density at radius 2 is 1.57 bits per heavy atom. The van der Waals surface area contributed by atoms with Crippen molar-refractivity contribution in [2.75, 3.05) is 44.2 Å². The average Bonchev–Trinajstić information content (AvgIpc) is 3.38. The fraction of sp³-hybridized carbons (Fsp3) is 0.250. The molecule has 1 amide bonds. The van der Waals surface area contributed by atoms with E-state index in [-0.39, 0.29) is 24.1 Å². The number of carbonyl (C=O) groups is 2. The molecule has 1 saturated heterocycles. The molecule has 9 heteroatoms. The molecule has 1 fully saturated rings. The summed E-state index contributed by atoms with van der Waals surface area (Å²) in [6, 6.07) is 19.9. The van der Waals surface area contributed by atoms with E-state index in [1.807, 2.05) is 30.3 Å². The molecule has 2 heterocycles. The molecule has 3 aromatic carbocycles. The largest absolute Gasteiger partial charge is 0.351 e. The van der Waals surface area contributed by atoms with Crippen LogP contribution in [-0.2, 0) is 0 Å². The minimum absolute atomic E-state index is 0. The molecule has 4 aromatic rings. The third kappa shape index (κ3) is 6.13. The number of hydrogen-bond acceptors (Lipinski definition) is 6. The summed E-state index contributed by atoms with van der Waals surface area (Å²) in [6.45, 7) is 7.02. The lowest BCUT2D eigenvalue weighted by Crippen LogP contribution is -2.48. The molecule has 0 aliphatic carbocycles. The molecular weight excluding hydrogens is 527 g/mol. The van der Waals surface area contributed by atoms with E-state index in [1.165, 1.54) is 0 Å². The van der Waals surface area contributed by atoms with Crippen LogP contribution in [0.25, 0.3) is 10.2 Å². The van der Waals surface area contributed by atoms with Gasteiger partial charge >= 0.3 is 0 Å². The highest BCUT2D eigenvalue weighted by Crippen LogP contribution is 2.35. The zero-order chi connectivity index (χ0) is 25.1. The Morgan fingerprint density at radius 1 is 0.919 bits per heavy atom. The van der Waals surface area contributed by atoms with Crippen molar-refractivity contribution in [1.82, 2.24) is 15.2 Å². The fourth-order valence-corrected chi connectivity index (χ4v) is 5.72. The number of fused-ring (bicyclic) bond motifs is 1. The minimum Gasteiger partial charge on any atom is -0.351 e. The van der Waals surface area contributed by atoms with E-state index < -0.39 is 0 Å². The number of aryl methyl sites for hydroxylation is 1. The molecule has 0 spiro atoms. The summed E-state index contributed by atoms with van der Waals surface area (Å²) in [5, 5.41) is 4.77. The quantitative estimate of drug-likeness (QED) is 0.307. The van der Waals surface area contributed by atoms with E-state index in [9.17, 15) is 9.59 Å². The van der Waals surface area contributed by atoms with Crippen LogP contribution in [0.2, 0.25) is 5.02 Å². The highest BCUT2D eigenvalue weighted by atomic mass is 35.5. The van der Waals surface area contributed by atoms with Crippen molar-refractivity contribution in [1.29, 1.82) is 0 Å². The molecule has 0 radical (unpaired) electrons. The van der Waals surface area contributed by atoms with Gasteiger partial charge in [0, 0.05) is 56.0 Å². The molecule has 0 unspecified atom stereocenters. The first-order valence-corrected chi connectivity index (χ1v) is 13.2. The number of thiazole rings is 1. The summed E-state index contributed by atoms with van der Waals surface area (Å²) in [7, 11) is 0. The standard InChI is InChI=1S/C28H27ClN4O2S.ClH/c1-19-7-12-23(29)26-24(19)31-28(36-26)33-17-15-32(16-18-33)14-13-30-27(35)22-10-8-21(9-11-22)25(34)20-5-3-2-4-6-20;/h2-12H,13-18H2,1H3,(H,30,35);1H. The van der Waals surface area contributed by atoms with Gasteiger partial charge in [-0.2, -0.15) is 0 Å². The summed E-state index contributed by atoms with van der Waals surface area (Å²) >= 11 is 8.03. The van der Waals surface area contributed by atoms with Crippen molar-refractivity contribution in [2.45, 2.75) is 6.92 Å². The lowest BCUT2D eigenvalue weighted by atomic mass is 10.0. The van der Waals surface area contributed by atoms with Gasteiger partial charge in [-0.3, -0.25) is 14.5 Å². The van der Waals surface area contributed by atoms with E-state index in [0.717, 1.165) is 58.7 Å². The van der Waals surface area contributed by atoms with E-state index in [0.29, 0.717) is 23.2 Å². The molecule has 0 atom stereocenters. The van der Waals surface area contributed by atoms with Gasteiger partial charge in [0.1, 0.15) is 0 Å². The monoisotopic (exact) mass is 554 g/mol. The number of piperazine rings is 1. The molecule has 0 bridgehead atoms. The van der Waals surface area contributed by atoms with Crippen molar-refractivity contribution in [2.24, 2.45) is 0 Å². The van der Waals surface area contributed by atoms with Crippen LogP contribution in [0.1, 0.15) is 31.8 Å².